The number of rotatable bonds is 6. The van der Waals surface area contributed by atoms with E-state index in [-0.39, 0.29) is 5.91 Å². The molecule has 1 aromatic carbocycles. The molecule has 0 aliphatic rings. The van der Waals surface area contributed by atoms with Gasteiger partial charge in [0.1, 0.15) is 0 Å². The maximum atomic E-state index is 12.2. The van der Waals surface area contributed by atoms with E-state index in [1.165, 1.54) is 5.56 Å². The fourth-order valence-corrected chi connectivity index (χ4v) is 1.83. The average Bonchev–Trinajstić information content (AvgIpc) is 2.31. The summed E-state index contributed by atoms with van der Waals surface area (Å²) in [7, 11) is 0. The van der Waals surface area contributed by atoms with E-state index in [4.69, 9.17) is 5.73 Å². The molecule has 3 nitrogen and oxygen atoms in total. The van der Waals surface area contributed by atoms with Crippen molar-refractivity contribution in [3.63, 3.8) is 0 Å². The Morgan fingerprint density at radius 1 is 1.28 bits per heavy atom. The number of nitrogens with two attached hydrogens (primary N) is 1. The van der Waals surface area contributed by atoms with Gasteiger partial charge in [-0.25, -0.2) is 0 Å². The molecule has 0 aliphatic heterocycles. The third-order valence-electron chi connectivity index (χ3n) is 2.82. The van der Waals surface area contributed by atoms with Crippen LogP contribution >= 0.6 is 0 Å². The van der Waals surface area contributed by atoms with Crippen LogP contribution in [0.25, 0.3) is 0 Å². The molecule has 0 saturated carbocycles. The lowest BCUT2D eigenvalue weighted by Crippen LogP contribution is -2.33. The van der Waals surface area contributed by atoms with Gasteiger partial charge in [-0.15, -0.1) is 0 Å². The third-order valence-corrected chi connectivity index (χ3v) is 2.82. The van der Waals surface area contributed by atoms with Crippen molar-refractivity contribution in [2.45, 2.75) is 33.6 Å². The summed E-state index contributed by atoms with van der Waals surface area (Å²) in [5.74, 6) is 0.561. The molecule has 0 aromatic heterocycles. The summed E-state index contributed by atoms with van der Waals surface area (Å²) in [6, 6.07) is 8.08. The molecule has 18 heavy (non-hydrogen) atoms. The Balaban J connectivity index is 2.83. The third kappa shape index (κ3) is 4.49. The van der Waals surface area contributed by atoms with E-state index in [1.54, 1.807) is 0 Å². The molecule has 0 aliphatic carbocycles. The Hall–Kier alpha value is -1.35. The van der Waals surface area contributed by atoms with Crippen molar-refractivity contribution in [2.24, 2.45) is 11.7 Å². The van der Waals surface area contributed by atoms with Crippen LogP contribution in [-0.4, -0.2) is 19.0 Å². The molecule has 0 unspecified atom stereocenters. The summed E-state index contributed by atoms with van der Waals surface area (Å²) in [5.41, 5.74) is 7.72. The van der Waals surface area contributed by atoms with E-state index < -0.39 is 0 Å². The van der Waals surface area contributed by atoms with Gasteiger partial charge in [0.2, 0.25) is 5.91 Å². The van der Waals surface area contributed by atoms with E-state index in [9.17, 15) is 4.79 Å². The second kappa shape index (κ2) is 7.17. The van der Waals surface area contributed by atoms with Crippen molar-refractivity contribution < 1.29 is 4.79 Å². The van der Waals surface area contributed by atoms with Crippen LogP contribution in [0.15, 0.2) is 24.3 Å². The van der Waals surface area contributed by atoms with Crippen molar-refractivity contribution in [2.75, 3.05) is 18.0 Å². The van der Waals surface area contributed by atoms with E-state index in [2.05, 4.69) is 13.8 Å². The zero-order valence-corrected chi connectivity index (χ0v) is 11.6. The first-order chi connectivity index (χ1) is 8.54. The molecule has 0 saturated heterocycles. The number of aryl methyl sites for hydroxylation is 1. The Kier molecular flexibility index (Phi) is 5.86. The SMILES string of the molecule is Cc1ccc(N(CCCN)C(=O)CC(C)C)cc1. The van der Waals surface area contributed by atoms with E-state index in [1.807, 2.05) is 36.1 Å². The van der Waals surface area contributed by atoms with Crippen LogP contribution in [0.2, 0.25) is 0 Å². The lowest BCUT2D eigenvalue weighted by atomic mass is 10.1. The molecule has 0 radical (unpaired) electrons. The summed E-state index contributed by atoms with van der Waals surface area (Å²) >= 11 is 0. The molecule has 1 rings (SSSR count). The van der Waals surface area contributed by atoms with E-state index in [0.29, 0.717) is 25.4 Å². The highest BCUT2D eigenvalue weighted by atomic mass is 16.2. The van der Waals surface area contributed by atoms with Gasteiger partial charge in [0.05, 0.1) is 0 Å². The van der Waals surface area contributed by atoms with Crippen molar-refractivity contribution in [1.82, 2.24) is 0 Å². The maximum absolute atomic E-state index is 12.2. The zero-order valence-electron chi connectivity index (χ0n) is 11.6. The van der Waals surface area contributed by atoms with Gasteiger partial charge in [0.15, 0.2) is 0 Å². The first-order valence-electron chi connectivity index (χ1n) is 6.61. The number of hydrogen-bond donors (Lipinski definition) is 1. The topological polar surface area (TPSA) is 46.3 Å². The van der Waals surface area contributed by atoms with Gasteiger partial charge in [-0.2, -0.15) is 0 Å². The lowest BCUT2D eigenvalue weighted by Gasteiger charge is -2.23. The Morgan fingerprint density at radius 3 is 2.39 bits per heavy atom. The smallest absolute Gasteiger partial charge is 0.227 e. The second-order valence-corrected chi connectivity index (χ2v) is 5.12. The molecule has 3 heteroatoms. The predicted octanol–water partition coefficient (Wildman–Crippen LogP) is 2.72. The highest BCUT2D eigenvalue weighted by Gasteiger charge is 2.16. The molecule has 0 spiro atoms. The van der Waals surface area contributed by atoms with Crippen LogP contribution in [-0.2, 0) is 4.79 Å². The predicted molar refractivity (Wildman–Crippen MR) is 76.7 cm³/mol. The molecular formula is C15H24N2O. The summed E-state index contributed by atoms with van der Waals surface area (Å²) in [6.07, 6.45) is 1.41. The summed E-state index contributed by atoms with van der Waals surface area (Å²) in [5, 5.41) is 0. The molecule has 2 N–H and O–H groups in total. The molecule has 1 aromatic rings. The molecule has 0 fully saturated rings. The Morgan fingerprint density at radius 2 is 1.89 bits per heavy atom. The van der Waals surface area contributed by atoms with Crippen LogP contribution in [0, 0.1) is 12.8 Å². The minimum absolute atomic E-state index is 0.183. The molecule has 0 atom stereocenters. The van der Waals surface area contributed by atoms with Crippen LogP contribution in [0.5, 0.6) is 0 Å². The lowest BCUT2D eigenvalue weighted by molar-refractivity contribution is -0.119. The second-order valence-electron chi connectivity index (χ2n) is 5.12. The van der Waals surface area contributed by atoms with Crippen molar-refractivity contribution in [3.05, 3.63) is 29.8 Å². The molecular weight excluding hydrogens is 224 g/mol. The largest absolute Gasteiger partial charge is 0.330 e. The zero-order chi connectivity index (χ0) is 13.5. The minimum Gasteiger partial charge on any atom is -0.330 e. The number of amides is 1. The van der Waals surface area contributed by atoms with Crippen LogP contribution in [0.3, 0.4) is 0 Å². The van der Waals surface area contributed by atoms with Crippen LogP contribution in [0.4, 0.5) is 5.69 Å². The first-order valence-corrected chi connectivity index (χ1v) is 6.61. The van der Waals surface area contributed by atoms with Gasteiger partial charge in [-0.1, -0.05) is 31.5 Å². The van der Waals surface area contributed by atoms with Gasteiger partial charge in [-0.3, -0.25) is 4.79 Å². The number of benzene rings is 1. The maximum Gasteiger partial charge on any atom is 0.227 e. The number of hydrogen-bond acceptors (Lipinski definition) is 2. The van der Waals surface area contributed by atoms with E-state index >= 15 is 0 Å². The fraction of sp³-hybridized carbons (Fsp3) is 0.533. The summed E-state index contributed by atoms with van der Waals surface area (Å²) in [4.78, 5) is 14.1. The van der Waals surface area contributed by atoms with Crippen molar-refractivity contribution in [1.29, 1.82) is 0 Å². The quantitative estimate of drug-likeness (QED) is 0.841. The minimum atomic E-state index is 0.183. The Labute approximate surface area is 110 Å². The van der Waals surface area contributed by atoms with Gasteiger partial charge in [0.25, 0.3) is 0 Å². The molecule has 0 bridgehead atoms. The number of carbonyl (C=O) groups is 1. The fourth-order valence-electron chi connectivity index (χ4n) is 1.83. The standard InChI is InChI=1S/C15H24N2O/c1-12(2)11-15(18)17(10-4-9-16)14-7-5-13(3)6-8-14/h5-8,12H,4,9-11,16H2,1-3H3. The number of anilines is 1. The highest BCUT2D eigenvalue weighted by molar-refractivity contribution is 5.93. The van der Waals surface area contributed by atoms with Gasteiger partial charge in [-0.05, 0) is 37.9 Å². The molecule has 100 valence electrons. The normalized spacial score (nSPS) is 10.7. The molecule has 1 amide bonds. The summed E-state index contributed by atoms with van der Waals surface area (Å²) < 4.78 is 0. The van der Waals surface area contributed by atoms with Crippen molar-refractivity contribution >= 4 is 11.6 Å². The number of carbonyl (C=O) groups excluding carboxylic acids is 1. The monoisotopic (exact) mass is 248 g/mol. The molecule has 0 heterocycles. The average molecular weight is 248 g/mol. The van der Waals surface area contributed by atoms with Gasteiger partial charge in [0, 0.05) is 18.7 Å². The van der Waals surface area contributed by atoms with Gasteiger partial charge < -0.3 is 10.6 Å². The highest BCUT2D eigenvalue weighted by Crippen LogP contribution is 2.18. The van der Waals surface area contributed by atoms with E-state index in [0.717, 1.165) is 12.1 Å². The first kappa shape index (κ1) is 14.7. The van der Waals surface area contributed by atoms with Crippen LogP contribution in [0.1, 0.15) is 32.3 Å². The van der Waals surface area contributed by atoms with Crippen LogP contribution < -0.4 is 10.6 Å². The Bertz CT molecular complexity index is 371. The summed E-state index contributed by atoms with van der Waals surface area (Å²) in [6.45, 7) is 7.48. The van der Waals surface area contributed by atoms with Crippen molar-refractivity contribution in [3.8, 4) is 0 Å². The van der Waals surface area contributed by atoms with Gasteiger partial charge >= 0.3 is 0 Å². The number of nitrogens with zero attached hydrogens (tertiary/aromatic N) is 1.